The van der Waals surface area contributed by atoms with Gasteiger partial charge in [-0.1, -0.05) is 46.3 Å². The second-order valence-corrected chi connectivity index (χ2v) is 5.71. The standard InChI is InChI=1S/C17H16BrNO3/c1-12(20)19-16(13-5-3-2-4-6-13)11-17(21)22-15-9-7-14(18)8-10-15/h2-10,16H,11H2,1H3,(H,19,20)/t16-/m0/s1. The van der Waals surface area contributed by atoms with Crippen LogP contribution < -0.4 is 10.1 Å². The largest absolute Gasteiger partial charge is 0.426 e. The van der Waals surface area contributed by atoms with E-state index in [0.29, 0.717) is 5.75 Å². The van der Waals surface area contributed by atoms with Crippen molar-refractivity contribution in [2.45, 2.75) is 19.4 Å². The average molecular weight is 362 g/mol. The monoisotopic (exact) mass is 361 g/mol. The Kier molecular flexibility index (Phi) is 5.72. The van der Waals surface area contributed by atoms with Gasteiger partial charge in [-0.05, 0) is 29.8 Å². The summed E-state index contributed by atoms with van der Waals surface area (Å²) in [4.78, 5) is 23.4. The van der Waals surface area contributed by atoms with Gasteiger partial charge in [-0.25, -0.2) is 0 Å². The molecular weight excluding hydrogens is 346 g/mol. The van der Waals surface area contributed by atoms with Crippen molar-refractivity contribution in [3.05, 3.63) is 64.6 Å². The van der Waals surface area contributed by atoms with Gasteiger partial charge in [-0.2, -0.15) is 0 Å². The van der Waals surface area contributed by atoms with Crippen LogP contribution in [-0.4, -0.2) is 11.9 Å². The number of halogens is 1. The first kappa shape index (κ1) is 16.2. The molecule has 1 N–H and O–H groups in total. The van der Waals surface area contributed by atoms with Crippen LogP contribution in [0.4, 0.5) is 0 Å². The molecule has 0 aliphatic rings. The molecule has 0 unspecified atom stereocenters. The fourth-order valence-electron chi connectivity index (χ4n) is 2.03. The number of benzene rings is 2. The van der Waals surface area contributed by atoms with Crippen molar-refractivity contribution in [2.75, 3.05) is 0 Å². The van der Waals surface area contributed by atoms with Gasteiger partial charge in [0.2, 0.25) is 5.91 Å². The first-order valence-electron chi connectivity index (χ1n) is 6.83. The molecule has 0 saturated carbocycles. The van der Waals surface area contributed by atoms with E-state index < -0.39 is 12.0 Å². The highest BCUT2D eigenvalue weighted by atomic mass is 79.9. The van der Waals surface area contributed by atoms with Crippen LogP contribution in [0, 0.1) is 0 Å². The van der Waals surface area contributed by atoms with Crippen LogP contribution in [0.25, 0.3) is 0 Å². The fourth-order valence-corrected chi connectivity index (χ4v) is 2.29. The molecular formula is C17H16BrNO3. The molecule has 0 fully saturated rings. The zero-order valence-electron chi connectivity index (χ0n) is 12.1. The normalized spacial score (nSPS) is 11.5. The first-order chi connectivity index (χ1) is 10.5. The highest BCUT2D eigenvalue weighted by molar-refractivity contribution is 9.10. The predicted molar refractivity (Wildman–Crippen MR) is 87.4 cm³/mol. The van der Waals surface area contributed by atoms with Crippen LogP contribution in [0.1, 0.15) is 24.9 Å². The van der Waals surface area contributed by atoms with E-state index in [0.717, 1.165) is 10.0 Å². The maximum absolute atomic E-state index is 12.1. The molecule has 0 spiro atoms. The molecule has 1 atom stereocenters. The summed E-state index contributed by atoms with van der Waals surface area (Å²) in [5.74, 6) is -0.113. The van der Waals surface area contributed by atoms with Gasteiger partial charge in [0.15, 0.2) is 0 Å². The van der Waals surface area contributed by atoms with Gasteiger partial charge >= 0.3 is 5.97 Å². The molecule has 5 heteroatoms. The Hall–Kier alpha value is -2.14. The number of carbonyl (C=O) groups is 2. The maximum atomic E-state index is 12.1. The van der Waals surface area contributed by atoms with E-state index in [1.54, 1.807) is 24.3 Å². The van der Waals surface area contributed by atoms with E-state index in [-0.39, 0.29) is 12.3 Å². The minimum atomic E-state index is -0.401. The third-order valence-corrected chi connectivity index (χ3v) is 3.52. The Morgan fingerprint density at radius 1 is 1.09 bits per heavy atom. The van der Waals surface area contributed by atoms with Crippen molar-refractivity contribution in [1.82, 2.24) is 5.32 Å². The van der Waals surface area contributed by atoms with Crippen LogP contribution >= 0.6 is 15.9 Å². The molecule has 0 aromatic heterocycles. The van der Waals surface area contributed by atoms with Crippen molar-refractivity contribution >= 4 is 27.8 Å². The third-order valence-electron chi connectivity index (χ3n) is 3.00. The van der Waals surface area contributed by atoms with Crippen LogP contribution in [0.2, 0.25) is 0 Å². The number of carbonyl (C=O) groups excluding carboxylic acids is 2. The maximum Gasteiger partial charge on any atom is 0.313 e. The van der Waals surface area contributed by atoms with Crippen molar-refractivity contribution in [2.24, 2.45) is 0 Å². The van der Waals surface area contributed by atoms with E-state index in [1.807, 2.05) is 30.3 Å². The summed E-state index contributed by atoms with van der Waals surface area (Å²) in [5, 5.41) is 2.77. The summed E-state index contributed by atoms with van der Waals surface area (Å²) in [6.07, 6.45) is 0.0691. The minimum absolute atomic E-state index is 0.0691. The molecule has 114 valence electrons. The lowest BCUT2D eigenvalue weighted by atomic mass is 10.0. The molecule has 0 bridgehead atoms. The second-order valence-electron chi connectivity index (χ2n) is 4.80. The quantitative estimate of drug-likeness (QED) is 0.653. The van der Waals surface area contributed by atoms with Crippen molar-refractivity contribution in [3.63, 3.8) is 0 Å². The number of rotatable bonds is 5. The van der Waals surface area contributed by atoms with Gasteiger partial charge in [0.05, 0.1) is 12.5 Å². The Labute approximate surface area is 137 Å². The van der Waals surface area contributed by atoms with Gasteiger partial charge in [0.25, 0.3) is 0 Å². The summed E-state index contributed by atoms with van der Waals surface area (Å²) in [6.45, 7) is 1.43. The van der Waals surface area contributed by atoms with Crippen LogP contribution in [0.5, 0.6) is 5.75 Å². The SMILES string of the molecule is CC(=O)N[C@@H](CC(=O)Oc1ccc(Br)cc1)c1ccccc1. The lowest BCUT2D eigenvalue weighted by molar-refractivity contribution is -0.135. The van der Waals surface area contributed by atoms with Crippen LogP contribution in [-0.2, 0) is 9.59 Å². The molecule has 2 aromatic carbocycles. The molecule has 0 aliphatic carbocycles. The summed E-state index contributed by atoms with van der Waals surface area (Å²) in [7, 11) is 0. The molecule has 0 saturated heterocycles. The van der Waals surface area contributed by atoms with Crippen LogP contribution in [0.3, 0.4) is 0 Å². The van der Waals surface area contributed by atoms with Gasteiger partial charge in [-0.3, -0.25) is 9.59 Å². The van der Waals surface area contributed by atoms with E-state index >= 15 is 0 Å². The summed E-state index contributed by atoms with van der Waals surface area (Å²) >= 11 is 3.32. The molecule has 22 heavy (non-hydrogen) atoms. The molecule has 4 nitrogen and oxygen atoms in total. The number of ether oxygens (including phenoxy) is 1. The van der Waals surface area contributed by atoms with E-state index in [4.69, 9.17) is 4.74 Å². The van der Waals surface area contributed by atoms with Crippen LogP contribution in [0.15, 0.2) is 59.1 Å². The van der Waals surface area contributed by atoms with Crippen molar-refractivity contribution < 1.29 is 14.3 Å². The molecule has 0 heterocycles. The summed E-state index contributed by atoms with van der Waals surface area (Å²) in [6, 6.07) is 16.0. The van der Waals surface area contributed by atoms with Crippen molar-refractivity contribution in [3.8, 4) is 5.75 Å². The zero-order chi connectivity index (χ0) is 15.9. The molecule has 2 aromatic rings. The van der Waals surface area contributed by atoms with Gasteiger partial charge in [0, 0.05) is 11.4 Å². The van der Waals surface area contributed by atoms with E-state index in [2.05, 4.69) is 21.2 Å². The zero-order valence-corrected chi connectivity index (χ0v) is 13.7. The van der Waals surface area contributed by atoms with Crippen molar-refractivity contribution in [1.29, 1.82) is 0 Å². The Balaban J connectivity index is 2.04. The predicted octanol–water partition coefficient (Wildman–Crippen LogP) is 3.62. The first-order valence-corrected chi connectivity index (χ1v) is 7.62. The highest BCUT2D eigenvalue weighted by Crippen LogP contribution is 2.20. The molecule has 0 aliphatic heterocycles. The Morgan fingerprint density at radius 3 is 2.32 bits per heavy atom. The molecule has 2 rings (SSSR count). The smallest absolute Gasteiger partial charge is 0.313 e. The second kappa shape index (κ2) is 7.75. The van der Waals surface area contributed by atoms with Gasteiger partial charge < -0.3 is 10.1 Å². The number of nitrogens with one attached hydrogen (secondary N) is 1. The summed E-state index contributed by atoms with van der Waals surface area (Å²) < 4.78 is 6.20. The van der Waals surface area contributed by atoms with Gasteiger partial charge in [-0.15, -0.1) is 0 Å². The Bertz CT molecular complexity index is 641. The average Bonchev–Trinajstić information content (AvgIpc) is 2.49. The third kappa shape index (κ3) is 5.00. The fraction of sp³-hybridized carbons (Fsp3) is 0.176. The van der Waals surface area contributed by atoms with Gasteiger partial charge in [0.1, 0.15) is 5.75 Å². The number of hydrogen-bond donors (Lipinski definition) is 1. The number of hydrogen-bond acceptors (Lipinski definition) is 3. The molecule has 0 radical (unpaired) electrons. The summed E-state index contributed by atoms with van der Waals surface area (Å²) in [5.41, 5.74) is 0.866. The highest BCUT2D eigenvalue weighted by Gasteiger charge is 2.18. The van der Waals surface area contributed by atoms with E-state index in [9.17, 15) is 9.59 Å². The number of esters is 1. The Morgan fingerprint density at radius 2 is 1.73 bits per heavy atom. The topological polar surface area (TPSA) is 55.4 Å². The van der Waals surface area contributed by atoms with E-state index in [1.165, 1.54) is 6.92 Å². The lowest BCUT2D eigenvalue weighted by Crippen LogP contribution is -2.29. The lowest BCUT2D eigenvalue weighted by Gasteiger charge is -2.17. The minimum Gasteiger partial charge on any atom is -0.426 e. The molecule has 1 amide bonds. The number of amides is 1.